The Morgan fingerprint density at radius 3 is 3.12 bits per heavy atom. The van der Waals surface area contributed by atoms with E-state index in [1.807, 2.05) is 0 Å². The van der Waals surface area contributed by atoms with E-state index in [0.717, 1.165) is 12.1 Å². The van der Waals surface area contributed by atoms with E-state index in [-0.39, 0.29) is 6.10 Å². The van der Waals surface area contributed by atoms with E-state index in [1.165, 1.54) is 0 Å². The second-order valence-corrected chi connectivity index (χ2v) is 4.22. The monoisotopic (exact) mass is 252 g/mol. The van der Waals surface area contributed by atoms with Crippen molar-refractivity contribution in [1.29, 1.82) is 5.26 Å². The molecule has 1 aliphatic rings. The molecule has 4 nitrogen and oxygen atoms in total. The van der Waals surface area contributed by atoms with Crippen molar-refractivity contribution < 1.29 is 9.47 Å². The predicted molar refractivity (Wildman–Crippen MR) is 65.0 cm³/mol. The number of ether oxygens (including phenoxy) is 2. The summed E-state index contributed by atoms with van der Waals surface area (Å²) in [5.41, 5.74) is 1.33. The maximum Gasteiger partial charge on any atom is 0.147 e. The van der Waals surface area contributed by atoms with E-state index in [0.29, 0.717) is 30.5 Å². The van der Waals surface area contributed by atoms with Gasteiger partial charge in [-0.1, -0.05) is 11.6 Å². The molecule has 0 bridgehead atoms. The second kappa shape index (κ2) is 5.87. The van der Waals surface area contributed by atoms with Gasteiger partial charge < -0.3 is 14.8 Å². The Balaban J connectivity index is 1.98. The van der Waals surface area contributed by atoms with Crippen LogP contribution in [0, 0.1) is 11.3 Å². The van der Waals surface area contributed by atoms with Crippen molar-refractivity contribution in [1.82, 2.24) is 0 Å². The summed E-state index contributed by atoms with van der Waals surface area (Å²) in [6.07, 6.45) is 0.976. The smallest absolute Gasteiger partial charge is 0.147 e. The Kier molecular flexibility index (Phi) is 4.21. The number of nitriles is 1. The molecular formula is C12H13ClN2O2. The van der Waals surface area contributed by atoms with Crippen LogP contribution < -0.4 is 5.32 Å². The van der Waals surface area contributed by atoms with Gasteiger partial charge in [0.2, 0.25) is 0 Å². The molecule has 1 aliphatic heterocycles. The highest BCUT2D eigenvalue weighted by atomic mass is 35.5. The van der Waals surface area contributed by atoms with Crippen molar-refractivity contribution in [2.75, 3.05) is 25.3 Å². The van der Waals surface area contributed by atoms with Crippen molar-refractivity contribution in [3.05, 3.63) is 28.8 Å². The first-order chi connectivity index (χ1) is 8.29. The van der Waals surface area contributed by atoms with Gasteiger partial charge in [0.25, 0.3) is 0 Å². The average Bonchev–Trinajstić information content (AvgIpc) is 2.38. The molecule has 0 amide bonds. The predicted octanol–water partition coefficient (Wildman–Crippen LogP) is 2.39. The van der Waals surface area contributed by atoms with Crippen LogP contribution in [0.5, 0.6) is 0 Å². The summed E-state index contributed by atoms with van der Waals surface area (Å²) in [5, 5.41) is 12.8. The van der Waals surface area contributed by atoms with Gasteiger partial charge in [-0.2, -0.15) is 5.26 Å². The summed E-state index contributed by atoms with van der Waals surface area (Å²) in [4.78, 5) is 0. The molecule has 2 rings (SSSR count). The summed E-state index contributed by atoms with van der Waals surface area (Å²) in [6, 6.07) is 7.28. The summed E-state index contributed by atoms with van der Waals surface area (Å²) in [7, 11) is 0. The standard InChI is InChI=1S/C12H13ClN2O2/c13-10-2-1-9(6-14)12(5-10)15-7-11-3-4-16-8-17-11/h1-2,5,11,15H,3-4,7-8H2. The first kappa shape index (κ1) is 12.2. The van der Waals surface area contributed by atoms with Crippen molar-refractivity contribution >= 4 is 17.3 Å². The van der Waals surface area contributed by atoms with Crippen LogP contribution >= 0.6 is 11.6 Å². The van der Waals surface area contributed by atoms with Gasteiger partial charge in [-0.05, 0) is 24.6 Å². The minimum atomic E-state index is 0.120. The third-order valence-electron chi connectivity index (χ3n) is 2.59. The van der Waals surface area contributed by atoms with E-state index in [1.54, 1.807) is 18.2 Å². The first-order valence-corrected chi connectivity index (χ1v) is 5.80. The Morgan fingerprint density at radius 2 is 2.41 bits per heavy atom. The molecule has 17 heavy (non-hydrogen) atoms. The van der Waals surface area contributed by atoms with E-state index in [9.17, 15) is 0 Å². The number of anilines is 1. The van der Waals surface area contributed by atoms with E-state index >= 15 is 0 Å². The van der Waals surface area contributed by atoms with Crippen LogP contribution in [0.1, 0.15) is 12.0 Å². The number of halogens is 1. The molecule has 1 fully saturated rings. The van der Waals surface area contributed by atoms with E-state index in [4.69, 9.17) is 26.3 Å². The van der Waals surface area contributed by atoms with Crippen molar-refractivity contribution in [2.24, 2.45) is 0 Å². The van der Waals surface area contributed by atoms with Gasteiger partial charge >= 0.3 is 0 Å². The molecule has 0 aliphatic carbocycles. The van der Waals surface area contributed by atoms with Gasteiger partial charge in [-0.15, -0.1) is 0 Å². The van der Waals surface area contributed by atoms with E-state index in [2.05, 4.69) is 11.4 Å². The molecule has 1 aromatic rings. The van der Waals surface area contributed by atoms with Crippen molar-refractivity contribution in [2.45, 2.75) is 12.5 Å². The zero-order valence-electron chi connectivity index (χ0n) is 9.28. The Labute approximate surface area is 105 Å². The molecule has 0 radical (unpaired) electrons. The topological polar surface area (TPSA) is 54.3 Å². The molecule has 1 atom stereocenters. The van der Waals surface area contributed by atoms with Gasteiger partial charge in [0, 0.05) is 11.6 Å². The van der Waals surface area contributed by atoms with Gasteiger partial charge in [0.05, 0.1) is 24.0 Å². The number of rotatable bonds is 3. The summed E-state index contributed by atoms with van der Waals surface area (Å²) in [6.45, 7) is 1.71. The number of benzene rings is 1. The lowest BCUT2D eigenvalue weighted by atomic mass is 10.2. The molecule has 1 saturated heterocycles. The van der Waals surface area contributed by atoms with Crippen LogP contribution in [-0.2, 0) is 9.47 Å². The minimum absolute atomic E-state index is 0.120. The van der Waals surface area contributed by atoms with Crippen LogP contribution in [0.2, 0.25) is 5.02 Å². The SMILES string of the molecule is N#Cc1ccc(Cl)cc1NCC1CCOCO1. The lowest BCUT2D eigenvalue weighted by molar-refractivity contribution is -0.133. The van der Waals surface area contributed by atoms with Crippen molar-refractivity contribution in [3.8, 4) is 6.07 Å². The van der Waals surface area contributed by atoms with Crippen LogP contribution in [0.25, 0.3) is 0 Å². The fraction of sp³-hybridized carbons (Fsp3) is 0.417. The third-order valence-corrected chi connectivity index (χ3v) is 2.83. The lowest BCUT2D eigenvalue weighted by Gasteiger charge is -2.23. The normalized spacial score (nSPS) is 19.6. The summed E-state index contributed by atoms with van der Waals surface area (Å²) < 4.78 is 10.5. The number of nitrogens with zero attached hydrogens (tertiary/aromatic N) is 1. The van der Waals surface area contributed by atoms with Crippen LogP contribution in [0.4, 0.5) is 5.69 Å². The third kappa shape index (κ3) is 3.34. The first-order valence-electron chi connectivity index (χ1n) is 5.42. The second-order valence-electron chi connectivity index (χ2n) is 3.79. The average molecular weight is 253 g/mol. The summed E-state index contributed by atoms with van der Waals surface area (Å²) >= 11 is 5.89. The van der Waals surface area contributed by atoms with Gasteiger partial charge in [-0.25, -0.2) is 0 Å². The largest absolute Gasteiger partial charge is 0.381 e. The quantitative estimate of drug-likeness (QED) is 0.898. The lowest BCUT2D eigenvalue weighted by Crippen LogP contribution is -2.30. The Hall–Kier alpha value is -1.28. The molecule has 90 valence electrons. The molecule has 1 N–H and O–H groups in total. The Morgan fingerprint density at radius 1 is 1.53 bits per heavy atom. The number of hydrogen-bond acceptors (Lipinski definition) is 4. The van der Waals surface area contributed by atoms with Crippen molar-refractivity contribution in [3.63, 3.8) is 0 Å². The molecule has 0 saturated carbocycles. The maximum atomic E-state index is 8.96. The molecule has 1 aromatic carbocycles. The maximum absolute atomic E-state index is 8.96. The molecule has 1 unspecified atom stereocenters. The fourth-order valence-electron chi connectivity index (χ4n) is 1.65. The number of hydrogen-bond donors (Lipinski definition) is 1. The highest BCUT2D eigenvalue weighted by Crippen LogP contribution is 2.20. The molecule has 1 heterocycles. The Bertz CT molecular complexity index is 425. The molecule has 0 spiro atoms. The number of nitrogens with one attached hydrogen (secondary N) is 1. The van der Waals surface area contributed by atoms with Gasteiger partial charge in [0.15, 0.2) is 0 Å². The molecular weight excluding hydrogens is 240 g/mol. The van der Waals surface area contributed by atoms with Crippen LogP contribution in [-0.4, -0.2) is 26.0 Å². The van der Waals surface area contributed by atoms with Crippen LogP contribution in [0.3, 0.4) is 0 Å². The minimum Gasteiger partial charge on any atom is -0.381 e. The molecule has 5 heteroatoms. The molecule has 0 aromatic heterocycles. The van der Waals surface area contributed by atoms with Crippen LogP contribution in [0.15, 0.2) is 18.2 Å². The summed E-state index contributed by atoms with van der Waals surface area (Å²) in [5.74, 6) is 0. The zero-order valence-corrected chi connectivity index (χ0v) is 10.0. The zero-order chi connectivity index (χ0) is 12.1. The van der Waals surface area contributed by atoms with E-state index < -0.39 is 0 Å². The van der Waals surface area contributed by atoms with Gasteiger partial charge in [-0.3, -0.25) is 0 Å². The highest BCUT2D eigenvalue weighted by molar-refractivity contribution is 6.30. The van der Waals surface area contributed by atoms with Gasteiger partial charge in [0.1, 0.15) is 12.9 Å². The highest BCUT2D eigenvalue weighted by Gasteiger charge is 2.14. The fourth-order valence-corrected chi connectivity index (χ4v) is 1.82.